The fraction of sp³-hybridized carbons (Fsp3) is 0.333. The van der Waals surface area contributed by atoms with Gasteiger partial charge >= 0.3 is 0 Å². The highest BCUT2D eigenvalue weighted by Crippen LogP contribution is 2.39. The third-order valence-corrected chi connectivity index (χ3v) is 5.68. The van der Waals surface area contributed by atoms with E-state index in [2.05, 4.69) is 41.2 Å². The van der Waals surface area contributed by atoms with Crippen LogP contribution in [0.1, 0.15) is 37.8 Å². The number of aryl methyl sites for hydroxylation is 1. The van der Waals surface area contributed by atoms with Crippen molar-refractivity contribution in [1.29, 1.82) is 0 Å². The van der Waals surface area contributed by atoms with Crippen molar-refractivity contribution in [1.82, 2.24) is 14.9 Å². The lowest BCUT2D eigenvalue weighted by atomic mass is 9.90. The first-order valence-corrected chi connectivity index (χ1v) is 10.2. The summed E-state index contributed by atoms with van der Waals surface area (Å²) in [6.45, 7) is 7.52. The van der Waals surface area contributed by atoms with Crippen LogP contribution in [0.5, 0.6) is 5.75 Å². The predicted octanol–water partition coefficient (Wildman–Crippen LogP) is 5.01. The maximum atomic E-state index is 12.9. The van der Waals surface area contributed by atoms with Crippen LogP contribution in [0, 0.1) is 6.92 Å². The normalized spacial score (nSPS) is 14.1. The molecule has 4 rings (SSSR count). The summed E-state index contributed by atoms with van der Waals surface area (Å²) in [6.07, 6.45) is 7.76. The molecule has 2 aromatic heterocycles. The third kappa shape index (κ3) is 3.31. The van der Waals surface area contributed by atoms with Crippen LogP contribution >= 0.6 is 0 Å². The third-order valence-electron chi connectivity index (χ3n) is 5.68. The summed E-state index contributed by atoms with van der Waals surface area (Å²) in [6, 6.07) is 6.25. The molecule has 0 spiro atoms. The van der Waals surface area contributed by atoms with E-state index in [4.69, 9.17) is 4.74 Å². The number of likely N-dealkylation sites (N-methyl/N-ethyl adjacent to an activating group) is 1. The SMILES string of the molecule is CCN(CC)C(=O)C1=CCCC(c2ccc(OC)c3[nH]c4ncc(C)cc4c23)=C1. The van der Waals surface area contributed by atoms with Gasteiger partial charge < -0.3 is 14.6 Å². The zero-order valence-corrected chi connectivity index (χ0v) is 17.5. The summed E-state index contributed by atoms with van der Waals surface area (Å²) in [5.74, 6) is 0.902. The van der Waals surface area contributed by atoms with E-state index in [1.54, 1.807) is 7.11 Å². The number of amides is 1. The van der Waals surface area contributed by atoms with Gasteiger partial charge in [0.2, 0.25) is 0 Å². The van der Waals surface area contributed by atoms with Gasteiger partial charge in [-0.25, -0.2) is 4.98 Å². The molecule has 5 nitrogen and oxygen atoms in total. The molecule has 1 aliphatic carbocycles. The van der Waals surface area contributed by atoms with E-state index >= 15 is 0 Å². The van der Waals surface area contributed by atoms with E-state index < -0.39 is 0 Å². The highest BCUT2D eigenvalue weighted by atomic mass is 16.5. The Morgan fingerprint density at radius 3 is 2.79 bits per heavy atom. The summed E-state index contributed by atoms with van der Waals surface area (Å²) < 4.78 is 5.60. The first kappa shape index (κ1) is 19.2. The fourth-order valence-corrected chi connectivity index (χ4v) is 4.16. The van der Waals surface area contributed by atoms with Gasteiger partial charge in [0, 0.05) is 35.6 Å². The zero-order valence-electron chi connectivity index (χ0n) is 17.5. The molecule has 0 saturated heterocycles. The second kappa shape index (κ2) is 7.74. The number of ether oxygens (including phenoxy) is 1. The maximum absolute atomic E-state index is 12.9. The van der Waals surface area contributed by atoms with Crippen molar-refractivity contribution in [2.75, 3.05) is 20.2 Å². The zero-order chi connectivity index (χ0) is 20.5. The topological polar surface area (TPSA) is 58.2 Å². The lowest BCUT2D eigenvalue weighted by Crippen LogP contribution is -2.31. The van der Waals surface area contributed by atoms with Gasteiger partial charge in [-0.05, 0) is 68.5 Å². The molecule has 1 N–H and O–H groups in total. The molecule has 3 aromatic rings. The summed E-state index contributed by atoms with van der Waals surface area (Å²) in [5, 5.41) is 2.19. The summed E-state index contributed by atoms with van der Waals surface area (Å²) >= 11 is 0. The number of hydrogen-bond donors (Lipinski definition) is 1. The van der Waals surface area contributed by atoms with E-state index in [0.29, 0.717) is 0 Å². The molecule has 0 aliphatic heterocycles. The van der Waals surface area contributed by atoms with Gasteiger partial charge in [0.1, 0.15) is 11.4 Å². The molecule has 0 radical (unpaired) electrons. The average molecular weight is 389 g/mol. The number of pyridine rings is 1. The minimum Gasteiger partial charge on any atom is -0.495 e. The number of nitrogens with zero attached hydrogens (tertiary/aromatic N) is 2. The quantitative estimate of drug-likeness (QED) is 0.668. The Balaban J connectivity index is 1.90. The fourth-order valence-electron chi connectivity index (χ4n) is 4.16. The number of allylic oxidation sites excluding steroid dienone is 2. The summed E-state index contributed by atoms with van der Waals surface area (Å²) in [4.78, 5) is 22.7. The second-order valence-corrected chi connectivity index (χ2v) is 7.44. The number of carbonyl (C=O) groups is 1. The molecule has 29 heavy (non-hydrogen) atoms. The van der Waals surface area contributed by atoms with Crippen LogP contribution in [0.3, 0.4) is 0 Å². The van der Waals surface area contributed by atoms with Crippen LogP contribution in [-0.4, -0.2) is 41.0 Å². The molecule has 150 valence electrons. The van der Waals surface area contributed by atoms with Crippen LogP contribution in [0.15, 0.2) is 42.1 Å². The monoisotopic (exact) mass is 389 g/mol. The van der Waals surface area contributed by atoms with Crippen LogP contribution < -0.4 is 4.74 Å². The first-order valence-electron chi connectivity index (χ1n) is 10.2. The van der Waals surface area contributed by atoms with E-state index in [1.807, 2.05) is 31.0 Å². The summed E-state index contributed by atoms with van der Waals surface area (Å²) in [5.41, 5.74) is 6.01. The lowest BCUT2D eigenvalue weighted by molar-refractivity contribution is -0.126. The van der Waals surface area contributed by atoms with Crippen molar-refractivity contribution >= 4 is 33.4 Å². The number of carbonyl (C=O) groups excluding carboxylic acids is 1. The predicted molar refractivity (Wildman–Crippen MR) is 118 cm³/mol. The average Bonchev–Trinajstić information content (AvgIpc) is 3.12. The number of rotatable bonds is 5. The molecule has 0 fully saturated rings. The van der Waals surface area contributed by atoms with Gasteiger partial charge in [-0.3, -0.25) is 4.79 Å². The van der Waals surface area contributed by atoms with Crippen molar-refractivity contribution < 1.29 is 9.53 Å². The Bertz CT molecular complexity index is 1150. The number of aromatic nitrogens is 2. The summed E-state index contributed by atoms with van der Waals surface area (Å²) in [7, 11) is 1.68. The van der Waals surface area contributed by atoms with Crippen LogP contribution in [0.25, 0.3) is 27.5 Å². The number of nitrogens with one attached hydrogen (secondary N) is 1. The maximum Gasteiger partial charge on any atom is 0.253 e. The van der Waals surface area contributed by atoms with Crippen molar-refractivity contribution in [2.45, 2.75) is 33.6 Å². The molecule has 1 aromatic carbocycles. The van der Waals surface area contributed by atoms with Crippen molar-refractivity contribution in [3.63, 3.8) is 0 Å². The Hall–Kier alpha value is -3.08. The number of hydrogen-bond acceptors (Lipinski definition) is 3. The van der Waals surface area contributed by atoms with Crippen LogP contribution in [0.4, 0.5) is 0 Å². The number of methoxy groups -OCH3 is 1. The van der Waals surface area contributed by atoms with Crippen molar-refractivity contribution in [3.05, 3.63) is 53.2 Å². The molecule has 2 heterocycles. The van der Waals surface area contributed by atoms with E-state index in [0.717, 1.165) is 70.3 Å². The lowest BCUT2D eigenvalue weighted by Gasteiger charge is -2.22. The Labute approximate surface area is 171 Å². The highest BCUT2D eigenvalue weighted by molar-refractivity contribution is 6.13. The minimum atomic E-state index is 0.105. The smallest absolute Gasteiger partial charge is 0.253 e. The molecule has 0 atom stereocenters. The Morgan fingerprint density at radius 2 is 2.07 bits per heavy atom. The number of benzene rings is 1. The van der Waals surface area contributed by atoms with Gasteiger partial charge in [0.25, 0.3) is 5.91 Å². The van der Waals surface area contributed by atoms with Gasteiger partial charge in [-0.15, -0.1) is 0 Å². The number of H-pyrrole nitrogens is 1. The minimum absolute atomic E-state index is 0.105. The van der Waals surface area contributed by atoms with E-state index in [-0.39, 0.29) is 5.91 Å². The molecular formula is C24H27N3O2. The first-order chi connectivity index (χ1) is 14.1. The number of fused-ring (bicyclic) bond motifs is 3. The second-order valence-electron chi connectivity index (χ2n) is 7.44. The molecule has 0 bridgehead atoms. The number of aromatic amines is 1. The molecule has 0 unspecified atom stereocenters. The largest absolute Gasteiger partial charge is 0.495 e. The van der Waals surface area contributed by atoms with Crippen LogP contribution in [0.2, 0.25) is 0 Å². The molecule has 1 amide bonds. The molecule has 1 aliphatic rings. The van der Waals surface area contributed by atoms with E-state index in [1.165, 1.54) is 5.57 Å². The van der Waals surface area contributed by atoms with Gasteiger partial charge in [-0.2, -0.15) is 0 Å². The van der Waals surface area contributed by atoms with Gasteiger partial charge in [0.15, 0.2) is 0 Å². The van der Waals surface area contributed by atoms with Crippen molar-refractivity contribution in [3.8, 4) is 5.75 Å². The van der Waals surface area contributed by atoms with Gasteiger partial charge in [0.05, 0.1) is 12.6 Å². The van der Waals surface area contributed by atoms with Crippen molar-refractivity contribution in [2.24, 2.45) is 0 Å². The molecule has 5 heteroatoms. The highest BCUT2D eigenvalue weighted by Gasteiger charge is 2.21. The molecular weight excluding hydrogens is 362 g/mol. The van der Waals surface area contributed by atoms with Gasteiger partial charge in [-0.1, -0.05) is 12.1 Å². The van der Waals surface area contributed by atoms with E-state index in [9.17, 15) is 4.79 Å². The Morgan fingerprint density at radius 1 is 1.28 bits per heavy atom. The van der Waals surface area contributed by atoms with Crippen LogP contribution in [-0.2, 0) is 4.79 Å². The Kier molecular flexibility index (Phi) is 5.14. The molecule has 0 saturated carbocycles. The standard InChI is InChI=1S/C24H27N3O2/c1-5-27(6-2)24(28)17-9-7-8-16(13-17)18-10-11-20(29-4)22-21(18)19-12-15(3)14-25-23(19)26-22/h9-14H,5-8H2,1-4H3,(H,25,26).